The summed E-state index contributed by atoms with van der Waals surface area (Å²) in [5.41, 5.74) is 7.56. The van der Waals surface area contributed by atoms with Crippen LogP contribution in [0.15, 0.2) is 11.2 Å². The van der Waals surface area contributed by atoms with E-state index in [0.717, 1.165) is 11.1 Å². The van der Waals surface area contributed by atoms with Crippen molar-refractivity contribution >= 4 is 12.2 Å². The highest BCUT2D eigenvalue weighted by Crippen LogP contribution is 2.23. The van der Waals surface area contributed by atoms with Gasteiger partial charge in [0.15, 0.2) is 0 Å². The third-order valence-corrected chi connectivity index (χ3v) is 2.86. The molecule has 0 aliphatic heterocycles. The fraction of sp³-hybridized carbons (Fsp3) is 0.462. The summed E-state index contributed by atoms with van der Waals surface area (Å²) in [4.78, 5) is 18.7. The van der Waals surface area contributed by atoms with Crippen LogP contribution in [0.3, 0.4) is 0 Å². The highest BCUT2D eigenvalue weighted by atomic mass is 16.4. The second-order valence-electron chi connectivity index (χ2n) is 4.40. The van der Waals surface area contributed by atoms with Gasteiger partial charge in [-0.25, -0.2) is 0 Å². The monoisotopic (exact) mass is 265 g/mol. The number of aromatic nitrogens is 1. The van der Waals surface area contributed by atoms with Crippen molar-refractivity contribution in [2.75, 3.05) is 0 Å². The van der Waals surface area contributed by atoms with E-state index in [-0.39, 0.29) is 5.75 Å². The third-order valence-electron chi connectivity index (χ3n) is 2.86. The van der Waals surface area contributed by atoms with Crippen LogP contribution in [-0.4, -0.2) is 33.4 Å². The Morgan fingerprint density at radius 3 is 2.89 bits per heavy atom. The lowest BCUT2D eigenvalue weighted by Gasteiger charge is -2.07. The fourth-order valence-corrected chi connectivity index (χ4v) is 1.56. The predicted molar refractivity (Wildman–Crippen MR) is 72.4 cm³/mol. The summed E-state index contributed by atoms with van der Waals surface area (Å²) >= 11 is 0. The van der Waals surface area contributed by atoms with E-state index in [2.05, 4.69) is 9.98 Å². The number of carbonyl (C=O) groups is 1. The predicted octanol–water partition coefficient (Wildman–Crippen LogP) is 1.17. The highest BCUT2D eigenvalue weighted by Gasteiger charge is 2.10. The topological polar surface area (TPSA) is 109 Å². The molecule has 0 unspecified atom stereocenters. The first kappa shape index (κ1) is 15.1. The Morgan fingerprint density at radius 1 is 1.58 bits per heavy atom. The smallest absolute Gasteiger partial charge is 0.320 e. The number of pyridine rings is 1. The zero-order chi connectivity index (χ0) is 14.4. The van der Waals surface area contributed by atoms with E-state index in [1.807, 2.05) is 6.92 Å². The molecule has 1 rings (SSSR count). The first-order valence-electron chi connectivity index (χ1n) is 6.04. The van der Waals surface area contributed by atoms with Crippen molar-refractivity contribution in [3.05, 3.63) is 23.0 Å². The molecule has 1 aromatic heterocycles. The summed E-state index contributed by atoms with van der Waals surface area (Å²) in [6.45, 7) is 3.94. The van der Waals surface area contributed by atoms with Gasteiger partial charge in [-0.05, 0) is 38.5 Å². The number of rotatable bonds is 6. The lowest BCUT2D eigenvalue weighted by molar-refractivity contribution is -0.138. The lowest BCUT2D eigenvalue weighted by Crippen LogP contribution is -2.29. The van der Waals surface area contributed by atoms with Crippen molar-refractivity contribution in [2.45, 2.75) is 39.3 Å². The Kier molecular flexibility index (Phi) is 5.44. The maximum atomic E-state index is 10.5. The number of aryl methyl sites for hydroxylation is 2. The summed E-state index contributed by atoms with van der Waals surface area (Å²) in [6.07, 6.45) is 4.17. The van der Waals surface area contributed by atoms with E-state index >= 15 is 0 Å². The Balaban J connectivity index is 2.53. The van der Waals surface area contributed by atoms with Crippen LogP contribution in [0, 0.1) is 13.8 Å². The van der Waals surface area contributed by atoms with Gasteiger partial charge >= 0.3 is 5.97 Å². The number of carboxylic acids is 1. The van der Waals surface area contributed by atoms with Crippen LogP contribution in [0.4, 0.5) is 0 Å². The van der Waals surface area contributed by atoms with Crippen molar-refractivity contribution in [3.8, 4) is 5.75 Å². The second kappa shape index (κ2) is 6.84. The lowest BCUT2D eigenvalue weighted by atomic mass is 10.1. The minimum atomic E-state index is -1.01. The molecule has 6 nitrogen and oxygen atoms in total. The number of hydrogen-bond donors (Lipinski definition) is 3. The Morgan fingerprint density at radius 2 is 2.26 bits per heavy atom. The van der Waals surface area contributed by atoms with E-state index in [1.165, 1.54) is 0 Å². The molecule has 1 heterocycles. The molecule has 1 aromatic rings. The van der Waals surface area contributed by atoms with Gasteiger partial charge in [-0.2, -0.15) is 0 Å². The van der Waals surface area contributed by atoms with Gasteiger partial charge in [0.1, 0.15) is 11.8 Å². The third kappa shape index (κ3) is 4.33. The summed E-state index contributed by atoms with van der Waals surface area (Å²) < 4.78 is 0. The maximum Gasteiger partial charge on any atom is 0.320 e. The van der Waals surface area contributed by atoms with Gasteiger partial charge in [0.25, 0.3) is 0 Å². The molecule has 0 radical (unpaired) electrons. The Bertz CT molecular complexity index is 486. The normalized spacial score (nSPS) is 12.8. The summed E-state index contributed by atoms with van der Waals surface area (Å²) in [7, 11) is 0. The van der Waals surface area contributed by atoms with E-state index in [1.54, 1.807) is 19.3 Å². The molecule has 0 spiro atoms. The average Bonchev–Trinajstić information content (AvgIpc) is 2.37. The van der Waals surface area contributed by atoms with Gasteiger partial charge in [-0.15, -0.1) is 0 Å². The SMILES string of the molecule is Cc1cnc(C)c(O)c1CN=CCC[C@H](N)C(=O)O. The van der Waals surface area contributed by atoms with Gasteiger partial charge in [0.05, 0.1) is 12.2 Å². The largest absolute Gasteiger partial charge is 0.506 e. The first-order valence-corrected chi connectivity index (χ1v) is 6.04. The molecule has 0 aromatic carbocycles. The first-order chi connectivity index (χ1) is 8.93. The van der Waals surface area contributed by atoms with Gasteiger partial charge in [-0.3, -0.25) is 14.8 Å². The van der Waals surface area contributed by atoms with E-state index < -0.39 is 12.0 Å². The number of aliphatic carboxylic acids is 1. The molecule has 0 aliphatic rings. The van der Waals surface area contributed by atoms with Crippen molar-refractivity contribution in [1.82, 2.24) is 4.98 Å². The maximum absolute atomic E-state index is 10.5. The van der Waals surface area contributed by atoms with Crippen LogP contribution in [0.25, 0.3) is 0 Å². The van der Waals surface area contributed by atoms with Gasteiger partial charge in [-0.1, -0.05) is 0 Å². The second-order valence-corrected chi connectivity index (χ2v) is 4.40. The molecule has 104 valence electrons. The molecule has 0 bridgehead atoms. The Labute approximate surface area is 112 Å². The zero-order valence-corrected chi connectivity index (χ0v) is 11.1. The van der Waals surface area contributed by atoms with Crippen LogP contribution in [0.2, 0.25) is 0 Å². The summed E-state index contributed by atoms with van der Waals surface area (Å²) in [5, 5.41) is 18.5. The van der Waals surface area contributed by atoms with E-state index in [9.17, 15) is 9.90 Å². The zero-order valence-electron chi connectivity index (χ0n) is 11.1. The van der Waals surface area contributed by atoms with Crippen molar-refractivity contribution in [2.24, 2.45) is 10.7 Å². The molecule has 0 saturated carbocycles. The van der Waals surface area contributed by atoms with E-state index in [0.29, 0.717) is 25.1 Å². The molecule has 1 atom stereocenters. The van der Waals surface area contributed by atoms with Crippen LogP contribution < -0.4 is 5.73 Å². The molecule has 6 heteroatoms. The van der Waals surface area contributed by atoms with E-state index in [4.69, 9.17) is 10.8 Å². The van der Waals surface area contributed by atoms with Gasteiger partial charge in [0, 0.05) is 11.8 Å². The van der Waals surface area contributed by atoms with Crippen LogP contribution >= 0.6 is 0 Å². The molecular weight excluding hydrogens is 246 g/mol. The van der Waals surface area contributed by atoms with Gasteiger partial charge < -0.3 is 15.9 Å². The molecule has 0 aliphatic carbocycles. The molecule has 0 fully saturated rings. The Hall–Kier alpha value is -1.95. The number of hydrogen-bond acceptors (Lipinski definition) is 5. The minimum absolute atomic E-state index is 0.166. The quantitative estimate of drug-likeness (QED) is 0.669. The van der Waals surface area contributed by atoms with Crippen molar-refractivity contribution in [3.63, 3.8) is 0 Å². The average molecular weight is 265 g/mol. The number of nitrogens with zero attached hydrogens (tertiary/aromatic N) is 2. The molecule has 0 saturated heterocycles. The van der Waals surface area contributed by atoms with Gasteiger partial charge in [0.2, 0.25) is 0 Å². The van der Waals surface area contributed by atoms with Crippen LogP contribution in [0.5, 0.6) is 5.75 Å². The fourth-order valence-electron chi connectivity index (χ4n) is 1.56. The van der Waals surface area contributed by atoms with Crippen molar-refractivity contribution < 1.29 is 15.0 Å². The van der Waals surface area contributed by atoms with Crippen LogP contribution in [-0.2, 0) is 11.3 Å². The van der Waals surface area contributed by atoms with Crippen molar-refractivity contribution in [1.29, 1.82) is 0 Å². The highest BCUT2D eigenvalue weighted by molar-refractivity contribution is 5.73. The summed E-state index contributed by atoms with van der Waals surface area (Å²) in [6, 6.07) is -0.857. The number of carboxylic acid groups (broad SMARTS) is 1. The summed E-state index contributed by atoms with van der Waals surface area (Å²) in [5.74, 6) is -0.842. The number of nitrogens with two attached hydrogens (primary N) is 1. The number of aliphatic imine (C=N–C) groups is 1. The standard InChI is InChI=1S/C13H19N3O3/c1-8-6-16-9(2)12(17)10(8)7-15-5-3-4-11(14)13(18)19/h5-6,11,17H,3-4,7,14H2,1-2H3,(H,18,19)/t11-/m0/s1. The molecule has 0 amide bonds. The number of aromatic hydroxyl groups is 1. The molecule has 19 heavy (non-hydrogen) atoms. The molecular formula is C13H19N3O3. The molecule has 4 N–H and O–H groups in total. The minimum Gasteiger partial charge on any atom is -0.506 e. The van der Waals surface area contributed by atoms with Crippen LogP contribution in [0.1, 0.15) is 29.7 Å².